The quantitative estimate of drug-likeness (QED) is 0.812. The molecule has 0 bridgehead atoms. The minimum Gasteiger partial charge on any atom is -0.352 e. The first-order valence-electron chi connectivity index (χ1n) is 5.35. The zero-order valence-corrected chi connectivity index (χ0v) is 10.2. The van der Waals surface area contributed by atoms with Gasteiger partial charge in [-0.3, -0.25) is 4.79 Å². The molecular formula is C12H20N2O. The predicted octanol–water partition coefficient (Wildman–Crippen LogP) is 2.32. The number of rotatable bonds is 3. The molecule has 1 heterocycles. The van der Waals surface area contributed by atoms with Crippen LogP contribution in [0.4, 0.5) is 0 Å². The molecule has 0 saturated heterocycles. The van der Waals surface area contributed by atoms with Gasteiger partial charge in [-0.25, -0.2) is 0 Å². The SMILES string of the molecule is CC(=O)NCc1cc(C)n(C(C)C)c1C. The lowest BCUT2D eigenvalue weighted by molar-refractivity contribution is -0.119. The summed E-state index contributed by atoms with van der Waals surface area (Å²) >= 11 is 0. The van der Waals surface area contributed by atoms with E-state index in [1.165, 1.54) is 17.0 Å². The van der Waals surface area contributed by atoms with Crippen LogP contribution in [0.25, 0.3) is 0 Å². The van der Waals surface area contributed by atoms with Gasteiger partial charge in [0, 0.05) is 30.9 Å². The van der Waals surface area contributed by atoms with Crippen molar-refractivity contribution in [3.05, 3.63) is 23.0 Å². The molecule has 1 aromatic heterocycles. The van der Waals surface area contributed by atoms with Gasteiger partial charge in [0.15, 0.2) is 0 Å². The minimum atomic E-state index is 0.0179. The van der Waals surface area contributed by atoms with E-state index in [9.17, 15) is 4.79 Å². The molecular weight excluding hydrogens is 188 g/mol. The second kappa shape index (κ2) is 4.51. The van der Waals surface area contributed by atoms with Gasteiger partial charge in [-0.15, -0.1) is 0 Å². The van der Waals surface area contributed by atoms with E-state index in [0.717, 1.165) is 0 Å². The second-order valence-electron chi connectivity index (χ2n) is 4.27. The molecule has 0 saturated carbocycles. The van der Waals surface area contributed by atoms with Crippen molar-refractivity contribution in [3.63, 3.8) is 0 Å². The lowest BCUT2D eigenvalue weighted by atomic mass is 10.2. The predicted molar refractivity (Wildman–Crippen MR) is 61.8 cm³/mol. The van der Waals surface area contributed by atoms with Gasteiger partial charge >= 0.3 is 0 Å². The van der Waals surface area contributed by atoms with Gasteiger partial charge in [0.1, 0.15) is 0 Å². The Bertz CT molecular complexity index is 364. The molecule has 0 aliphatic carbocycles. The minimum absolute atomic E-state index is 0.0179. The number of hydrogen-bond donors (Lipinski definition) is 1. The lowest BCUT2D eigenvalue weighted by Crippen LogP contribution is -2.19. The molecule has 1 rings (SSSR count). The van der Waals surface area contributed by atoms with E-state index < -0.39 is 0 Å². The van der Waals surface area contributed by atoms with Crippen LogP contribution in [0, 0.1) is 13.8 Å². The highest BCUT2D eigenvalue weighted by molar-refractivity contribution is 5.72. The molecule has 84 valence electrons. The van der Waals surface area contributed by atoms with Gasteiger partial charge in [0.05, 0.1) is 0 Å². The van der Waals surface area contributed by atoms with Crippen LogP contribution in [0.15, 0.2) is 6.07 Å². The van der Waals surface area contributed by atoms with Crippen LogP contribution in [0.5, 0.6) is 0 Å². The molecule has 1 amide bonds. The fourth-order valence-corrected chi connectivity index (χ4v) is 2.04. The van der Waals surface area contributed by atoms with Gasteiger partial charge in [0.2, 0.25) is 5.91 Å². The van der Waals surface area contributed by atoms with E-state index in [4.69, 9.17) is 0 Å². The van der Waals surface area contributed by atoms with Crippen LogP contribution >= 0.6 is 0 Å². The zero-order valence-electron chi connectivity index (χ0n) is 10.2. The summed E-state index contributed by atoms with van der Waals surface area (Å²) in [6.45, 7) is 10.7. The summed E-state index contributed by atoms with van der Waals surface area (Å²) in [6, 6.07) is 2.61. The molecule has 3 heteroatoms. The molecule has 1 N–H and O–H groups in total. The van der Waals surface area contributed by atoms with Crippen molar-refractivity contribution in [2.24, 2.45) is 0 Å². The van der Waals surface area contributed by atoms with E-state index in [2.05, 4.69) is 43.6 Å². The number of carbonyl (C=O) groups excluding carboxylic acids is 1. The summed E-state index contributed by atoms with van der Waals surface area (Å²) < 4.78 is 2.29. The zero-order chi connectivity index (χ0) is 11.6. The molecule has 15 heavy (non-hydrogen) atoms. The Balaban J connectivity index is 2.91. The Hall–Kier alpha value is -1.25. The van der Waals surface area contributed by atoms with Crippen LogP contribution in [-0.2, 0) is 11.3 Å². The standard InChI is InChI=1S/C12H20N2O/c1-8(2)14-9(3)6-12(10(14)4)7-13-11(5)15/h6,8H,7H2,1-5H3,(H,13,15). The van der Waals surface area contributed by atoms with Gasteiger partial charge in [-0.05, 0) is 39.3 Å². The number of carbonyl (C=O) groups is 1. The Morgan fingerprint density at radius 1 is 1.47 bits per heavy atom. The highest BCUT2D eigenvalue weighted by Crippen LogP contribution is 2.19. The van der Waals surface area contributed by atoms with E-state index in [1.807, 2.05) is 0 Å². The number of hydrogen-bond acceptors (Lipinski definition) is 1. The van der Waals surface area contributed by atoms with E-state index >= 15 is 0 Å². The van der Waals surface area contributed by atoms with Crippen LogP contribution in [0.3, 0.4) is 0 Å². The summed E-state index contributed by atoms with van der Waals surface area (Å²) in [5, 5.41) is 2.83. The second-order valence-corrected chi connectivity index (χ2v) is 4.27. The van der Waals surface area contributed by atoms with Crippen LogP contribution in [0.2, 0.25) is 0 Å². The third kappa shape index (κ3) is 2.61. The lowest BCUT2D eigenvalue weighted by Gasteiger charge is -2.13. The van der Waals surface area contributed by atoms with Gasteiger partial charge in [0.25, 0.3) is 0 Å². The molecule has 0 atom stereocenters. The van der Waals surface area contributed by atoms with Crippen molar-refractivity contribution >= 4 is 5.91 Å². The molecule has 0 spiro atoms. The van der Waals surface area contributed by atoms with Crippen molar-refractivity contribution in [1.29, 1.82) is 0 Å². The Kier molecular flexibility index (Phi) is 3.56. The molecule has 0 fully saturated rings. The molecule has 0 aliphatic rings. The smallest absolute Gasteiger partial charge is 0.217 e. The van der Waals surface area contributed by atoms with Crippen LogP contribution in [-0.4, -0.2) is 10.5 Å². The molecule has 0 radical (unpaired) electrons. The van der Waals surface area contributed by atoms with Crippen molar-refractivity contribution in [1.82, 2.24) is 9.88 Å². The first-order chi connectivity index (χ1) is 6.93. The van der Waals surface area contributed by atoms with Crippen molar-refractivity contribution in [3.8, 4) is 0 Å². The maximum atomic E-state index is 10.8. The van der Waals surface area contributed by atoms with Gasteiger partial charge in [-0.1, -0.05) is 0 Å². The van der Waals surface area contributed by atoms with Crippen molar-refractivity contribution in [2.45, 2.75) is 47.2 Å². The average Bonchev–Trinajstić information content (AvgIpc) is 2.37. The molecule has 3 nitrogen and oxygen atoms in total. The summed E-state index contributed by atoms with van der Waals surface area (Å²) in [7, 11) is 0. The van der Waals surface area contributed by atoms with Crippen LogP contribution in [0.1, 0.15) is 43.8 Å². The Morgan fingerprint density at radius 2 is 2.07 bits per heavy atom. The van der Waals surface area contributed by atoms with Crippen LogP contribution < -0.4 is 5.32 Å². The fraction of sp³-hybridized carbons (Fsp3) is 0.583. The summed E-state index contributed by atoms with van der Waals surface area (Å²) in [6.07, 6.45) is 0. The summed E-state index contributed by atoms with van der Waals surface area (Å²) in [4.78, 5) is 10.8. The Labute approximate surface area is 91.5 Å². The first-order valence-corrected chi connectivity index (χ1v) is 5.35. The number of amides is 1. The Morgan fingerprint density at radius 3 is 2.47 bits per heavy atom. The summed E-state index contributed by atoms with van der Waals surface area (Å²) in [5.74, 6) is 0.0179. The summed E-state index contributed by atoms with van der Waals surface area (Å²) in [5.41, 5.74) is 3.70. The molecule has 0 unspecified atom stereocenters. The van der Waals surface area contributed by atoms with Gasteiger partial charge < -0.3 is 9.88 Å². The van der Waals surface area contributed by atoms with Crippen molar-refractivity contribution in [2.75, 3.05) is 0 Å². The van der Waals surface area contributed by atoms with Crippen molar-refractivity contribution < 1.29 is 4.79 Å². The number of aromatic nitrogens is 1. The number of nitrogens with one attached hydrogen (secondary N) is 1. The monoisotopic (exact) mass is 208 g/mol. The number of nitrogens with zero attached hydrogens (tertiary/aromatic N) is 1. The highest BCUT2D eigenvalue weighted by atomic mass is 16.1. The van der Waals surface area contributed by atoms with E-state index in [0.29, 0.717) is 12.6 Å². The molecule has 0 aromatic carbocycles. The highest BCUT2D eigenvalue weighted by Gasteiger charge is 2.10. The molecule has 1 aromatic rings. The maximum absolute atomic E-state index is 10.8. The normalized spacial score (nSPS) is 10.8. The number of aryl methyl sites for hydroxylation is 1. The first kappa shape index (κ1) is 11.8. The van der Waals surface area contributed by atoms with E-state index in [-0.39, 0.29) is 5.91 Å². The molecule has 0 aliphatic heterocycles. The van der Waals surface area contributed by atoms with Gasteiger partial charge in [-0.2, -0.15) is 0 Å². The topological polar surface area (TPSA) is 34.0 Å². The fourth-order valence-electron chi connectivity index (χ4n) is 2.04. The third-order valence-electron chi connectivity index (χ3n) is 2.63. The largest absolute Gasteiger partial charge is 0.352 e. The van der Waals surface area contributed by atoms with E-state index in [1.54, 1.807) is 6.92 Å². The maximum Gasteiger partial charge on any atom is 0.217 e. The average molecular weight is 208 g/mol. The third-order valence-corrected chi connectivity index (χ3v) is 2.63.